The van der Waals surface area contributed by atoms with E-state index in [0.29, 0.717) is 11.6 Å². The maximum atomic E-state index is 5.99. The Morgan fingerprint density at radius 1 is 0.230 bits per heavy atom. The van der Waals surface area contributed by atoms with Crippen LogP contribution in [0.25, 0.3) is 72.7 Å². The Morgan fingerprint density at radius 2 is 0.540 bits per heavy atom. The van der Waals surface area contributed by atoms with Crippen molar-refractivity contribution < 1.29 is 67.9 Å². The Labute approximate surface area is 887 Å². The average Bonchev–Trinajstić information content (AvgIpc) is 1.46. The minimum absolute atomic E-state index is 0. The molecule has 8 nitrogen and oxygen atoms in total. The molecule has 10 aromatic carbocycles. The SMILES string of the molecule is CC.CC.CC.CC.CC.CC.CC.CC.CC.CC.CC.CC.CC.CC.CC.CC.[Pt+2].[Pt+2].[Pt+2].[c-]1c(-c2ccccn2)ccc2c1B(c1[c-]c3c(cc1)c1ccccc1n3-c1ccccn1)c1ccccc1C2.[c-]1c(B2c3[c-]c(-c4ccccn4)ccc3Cc3ccccc32)cccc1-c1ccccn1.[c-]1c(Oc2ccccn2)cccc1B1c2[c-]c(-c3ccccn3)ccc2Cc2ccccc21. The minimum atomic E-state index is 0. The number of aromatic nitrogens is 7. The third-order valence-corrected chi connectivity index (χ3v) is 19.9. The van der Waals surface area contributed by atoms with Crippen LogP contribution in [-0.4, -0.2) is 54.6 Å². The first-order valence-corrected chi connectivity index (χ1v) is 51.1. The molecule has 7 aromatic heterocycles. The van der Waals surface area contributed by atoms with Gasteiger partial charge in [0.1, 0.15) is 5.82 Å². The largest absolute Gasteiger partial charge is 2.00 e. The fraction of sp³-hybridized carbons (Fsp3) is 0.280. The Bertz CT molecular complexity index is 5990. The first-order chi connectivity index (χ1) is 67.6. The molecule has 0 unspecified atom stereocenters. The molecule has 0 aliphatic carbocycles. The second-order valence-electron chi connectivity index (χ2n) is 26.2. The van der Waals surface area contributed by atoms with Crippen molar-refractivity contribution in [3.05, 3.63) is 398 Å². The molecule has 10 heterocycles. The Morgan fingerprint density at radius 3 is 0.892 bits per heavy atom. The van der Waals surface area contributed by atoms with Crippen LogP contribution in [0.4, 0.5) is 0 Å². The molecule has 0 saturated heterocycles. The molecule has 0 radical (unpaired) electrons. The average molecular weight is 2390 g/mol. The Kier molecular flexibility index (Phi) is 72.7. The van der Waals surface area contributed by atoms with E-state index in [2.05, 4.69) is 242 Å². The molecule has 0 amide bonds. The molecule has 14 heteroatoms. The van der Waals surface area contributed by atoms with E-state index in [9.17, 15) is 0 Å². The molecular formula is C125H156B3N7OPt3. The number of nitrogens with zero attached hydrogens (tertiary/aromatic N) is 7. The van der Waals surface area contributed by atoms with Gasteiger partial charge in [-0.25, -0.2) is 9.97 Å². The summed E-state index contributed by atoms with van der Waals surface area (Å²) in [5.74, 6) is 2.10. The molecule has 0 saturated carbocycles. The second-order valence-corrected chi connectivity index (χ2v) is 26.2. The molecule has 3 aliphatic rings. The van der Waals surface area contributed by atoms with E-state index in [1.54, 1.807) is 6.20 Å². The molecule has 3 aliphatic heterocycles. The zero-order valence-electron chi connectivity index (χ0n) is 89.5. The molecule has 0 N–H and O–H groups in total. The van der Waals surface area contributed by atoms with Gasteiger partial charge in [0, 0.05) is 54.5 Å². The van der Waals surface area contributed by atoms with Gasteiger partial charge in [0.15, 0.2) is 13.4 Å². The van der Waals surface area contributed by atoms with Crippen LogP contribution in [0.15, 0.2) is 328 Å². The summed E-state index contributed by atoms with van der Waals surface area (Å²) in [6.45, 7) is 64.1. The number of rotatable bonds is 10. The topological polar surface area (TPSA) is 91.5 Å². The summed E-state index contributed by atoms with van der Waals surface area (Å²) in [5, 5.41) is 2.38. The van der Waals surface area contributed by atoms with Crippen LogP contribution >= 0.6 is 0 Å². The predicted molar refractivity (Wildman–Crippen MR) is 604 cm³/mol. The maximum Gasteiger partial charge on any atom is 2.00 e. The van der Waals surface area contributed by atoms with Crippen LogP contribution < -0.4 is 53.9 Å². The number of fused-ring (bicyclic) bond motifs is 9. The van der Waals surface area contributed by atoms with E-state index in [0.717, 1.165) is 97.5 Å². The standard InChI is InChI=1S/C35H22BN3.C29H19BN2O.C29H19BN2.16C2H6.3Pt/c1-3-11-30-24(9-1)21-25-15-16-26(32-12-5-7-19-37-32)22-31(25)36(30)27-17-18-29-28-10-2-4-13-33(28)39(34(29)23-27)35-14-6-8-20-38-35;1-2-11-26-21(8-1)18-22-14-15-23(28-12-3-5-16-31-28)19-27(22)30(26)24-9-7-10-25(20-24)33-29-13-4-6-17-32-29;1-2-11-26-21(8-1)18-22-14-15-24(29-13-4-6-17-32-29)20-27(22)30(26)25-10-7-9-23(19-25)28-12-3-5-16-31-28;16*1-2;;;/h1-20H,21H2;1-17H,18H2;1-17H,18H2;16*1-2H3;;;/q3*-2;;;;;;;;;;;;;;;;;3*+2. The van der Waals surface area contributed by atoms with E-state index >= 15 is 0 Å². The fourth-order valence-electron chi connectivity index (χ4n) is 15.2. The summed E-state index contributed by atoms with van der Waals surface area (Å²) in [6.07, 6.45) is 13.6. The molecule has 0 atom stereocenters. The van der Waals surface area contributed by atoms with Crippen molar-refractivity contribution in [3.8, 4) is 62.5 Å². The van der Waals surface area contributed by atoms with Gasteiger partial charge < -0.3 is 29.2 Å². The van der Waals surface area contributed by atoms with E-state index in [1.807, 2.05) is 368 Å². The van der Waals surface area contributed by atoms with Gasteiger partial charge in [-0.05, 0) is 96.0 Å². The Balaban J connectivity index is 0. The van der Waals surface area contributed by atoms with Gasteiger partial charge >= 0.3 is 63.2 Å². The first kappa shape index (κ1) is 130. The third kappa shape index (κ3) is 35.3. The number of benzene rings is 10. The first-order valence-electron chi connectivity index (χ1n) is 51.1. The summed E-state index contributed by atoms with van der Waals surface area (Å²) in [4.78, 5) is 27.2. The van der Waals surface area contributed by atoms with Crippen molar-refractivity contribution in [2.24, 2.45) is 0 Å². The normalized spacial score (nSPS) is 9.86. The quantitative estimate of drug-likeness (QED) is 0.0995. The number of pyridine rings is 6. The molecule has 17 aromatic rings. The van der Waals surface area contributed by atoms with Gasteiger partial charge in [-0.15, -0.1) is 135 Å². The number of ether oxygens (including phenoxy) is 1. The maximum absolute atomic E-state index is 5.99. The van der Waals surface area contributed by atoms with Crippen molar-refractivity contribution in [3.63, 3.8) is 0 Å². The zero-order chi connectivity index (χ0) is 101. The molecule has 20 rings (SSSR count). The van der Waals surface area contributed by atoms with Crippen LogP contribution in [0.3, 0.4) is 0 Å². The predicted octanol–water partition coefficient (Wildman–Crippen LogP) is 29.5. The molecular weight excluding hydrogens is 2230 g/mol. The molecule has 0 fully saturated rings. The molecule has 0 bridgehead atoms. The fourth-order valence-corrected chi connectivity index (χ4v) is 15.2. The van der Waals surface area contributed by atoms with Gasteiger partial charge in [0.25, 0.3) is 0 Å². The van der Waals surface area contributed by atoms with Gasteiger partial charge in [-0.1, -0.05) is 412 Å². The summed E-state index contributed by atoms with van der Waals surface area (Å²) in [7, 11) is 0. The van der Waals surface area contributed by atoms with Crippen LogP contribution in [0.2, 0.25) is 0 Å². The summed E-state index contributed by atoms with van der Waals surface area (Å²) in [5.41, 5.74) is 28.7. The summed E-state index contributed by atoms with van der Waals surface area (Å²) >= 11 is 0. The van der Waals surface area contributed by atoms with Gasteiger partial charge in [0.05, 0.1) is 0 Å². The summed E-state index contributed by atoms with van der Waals surface area (Å²) in [6, 6.07) is 123. The van der Waals surface area contributed by atoms with Crippen molar-refractivity contribution in [1.29, 1.82) is 0 Å². The van der Waals surface area contributed by atoms with Gasteiger partial charge in [-0.2, -0.15) is 63.1 Å². The second kappa shape index (κ2) is 77.7. The van der Waals surface area contributed by atoms with E-state index in [4.69, 9.17) is 9.72 Å². The minimum Gasteiger partial charge on any atom is -0.466 e. The number of hydrogen-bond acceptors (Lipinski definition) is 7. The smallest absolute Gasteiger partial charge is 0.466 e. The van der Waals surface area contributed by atoms with Gasteiger partial charge in [0.2, 0.25) is 12.6 Å². The van der Waals surface area contributed by atoms with E-state index in [1.165, 1.54) is 76.9 Å². The number of para-hydroxylation sites is 1. The van der Waals surface area contributed by atoms with E-state index in [-0.39, 0.29) is 83.3 Å². The third-order valence-electron chi connectivity index (χ3n) is 19.9. The van der Waals surface area contributed by atoms with Crippen molar-refractivity contribution >= 4 is 91.1 Å². The zero-order valence-corrected chi connectivity index (χ0v) is 96.3. The van der Waals surface area contributed by atoms with Crippen molar-refractivity contribution in [1.82, 2.24) is 34.5 Å². The summed E-state index contributed by atoms with van der Waals surface area (Å²) < 4.78 is 8.23. The van der Waals surface area contributed by atoms with Crippen LogP contribution in [0.1, 0.15) is 255 Å². The van der Waals surface area contributed by atoms with Gasteiger partial charge in [-0.3, -0.25) is 0 Å². The van der Waals surface area contributed by atoms with Crippen molar-refractivity contribution in [2.45, 2.75) is 241 Å². The van der Waals surface area contributed by atoms with E-state index < -0.39 is 0 Å². The van der Waals surface area contributed by atoms with Crippen molar-refractivity contribution in [2.75, 3.05) is 0 Å². The van der Waals surface area contributed by atoms with Crippen LogP contribution in [0.5, 0.6) is 11.6 Å². The Hall–Kier alpha value is -11.0. The van der Waals surface area contributed by atoms with Crippen LogP contribution in [-0.2, 0) is 82.5 Å². The molecule has 139 heavy (non-hydrogen) atoms. The van der Waals surface area contributed by atoms with Crippen LogP contribution in [0, 0.1) is 36.4 Å². The molecule has 0 spiro atoms. The monoisotopic (exact) mass is 2390 g/mol. The molecule has 736 valence electrons. The number of hydrogen-bond donors (Lipinski definition) is 0.